The van der Waals surface area contributed by atoms with Gasteiger partial charge in [-0.25, -0.2) is 4.68 Å². The van der Waals surface area contributed by atoms with E-state index < -0.39 is 0 Å². The zero-order valence-corrected chi connectivity index (χ0v) is 11.4. The van der Waals surface area contributed by atoms with Gasteiger partial charge >= 0.3 is 0 Å². The van der Waals surface area contributed by atoms with E-state index in [1.807, 2.05) is 35.2 Å². The number of carbonyl (C=O) groups excluding carboxylic acids is 1. The number of amides is 1. The summed E-state index contributed by atoms with van der Waals surface area (Å²) in [5.41, 5.74) is 1.29. The Bertz CT molecular complexity index is 595. The summed E-state index contributed by atoms with van der Waals surface area (Å²) in [5, 5.41) is 11.3. The van der Waals surface area contributed by atoms with Crippen molar-refractivity contribution in [1.29, 1.82) is 0 Å². The van der Waals surface area contributed by atoms with Crippen molar-refractivity contribution < 1.29 is 4.79 Å². The monoisotopic (exact) mass is 271 g/mol. The van der Waals surface area contributed by atoms with Gasteiger partial charge in [-0.15, -0.1) is 5.10 Å². The highest BCUT2D eigenvalue weighted by Crippen LogP contribution is 2.09. The molecule has 6 nitrogen and oxygen atoms in total. The molecule has 1 aliphatic rings. The summed E-state index contributed by atoms with van der Waals surface area (Å²) in [7, 11) is 0. The number of nitrogens with zero attached hydrogens (tertiary/aromatic N) is 4. The van der Waals surface area contributed by atoms with Gasteiger partial charge < -0.3 is 10.2 Å². The Morgan fingerprint density at radius 1 is 1.35 bits per heavy atom. The highest BCUT2D eigenvalue weighted by Gasteiger charge is 2.23. The van der Waals surface area contributed by atoms with Gasteiger partial charge in [0.05, 0.1) is 11.9 Å². The van der Waals surface area contributed by atoms with E-state index in [2.05, 4.69) is 22.6 Å². The maximum atomic E-state index is 12.4. The normalized spacial score (nSPS) is 19.1. The summed E-state index contributed by atoms with van der Waals surface area (Å²) in [6, 6.07) is 9.96. The molecule has 20 heavy (non-hydrogen) atoms. The lowest BCUT2D eigenvalue weighted by atomic mass is 10.2. The van der Waals surface area contributed by atoms with Gasteiger partial charge in [0.15, 0.2) is 5.69 Å². The number of piperazine rings is 1. The average Bonchev–Trinajstić information content (AvgIpc) is 2.97. The molecule has 0 bridgehead atoms. The van der Waals surface area contributed by atoms with Crippen molar-refractivity contribution in [2.24, 2.45) is 0 Å². The van der Waals surface area contributed by atoms with Crippen LogP contribution in [0.3, 0.4) is 0 Å². The van der Waals surface area contributed by atoms with Crippen molar-refractivity contribution in [2.45, 2.75) is 13.0 Å². The average molecular weight is 271 g/mol. The Kier molecular flexibility index (Phi) is 3.47. The molecule has 2 aromatic rings. The van der Waals surface area contributed by atoms with Gasteiger partial charge in [0, 0.05) is 25.7 Å². The van der Waals surface area contributed by atoms with Crippen LogP contribution in [0.4, 0.5) is 0 Å². The number of hydrogen-bond donors (Lipinski definition) is 1. The molecule has 1 aromatic heterocycles. The zero-order valence-electron chi connectivity index (χ0n) is 11.4. The molecule has 1 amide bonds. The molecule has 0 spiro atoms. The third kappa shape index (κ3) is 2.55. The highest BCUT2D eigenvalue weighted by atomic mass is 16.2. The number of aromatic nitrogens is 3. The molecule has 0 saturated carbocycles. The SMILES string of the molecule is CC1CN(C(=O)c2cn(-c3ccccc3)nn2)CCN1. The third-order valence-corrected chi connectivity index (χ3v) is 3.39. The molecule has 1 aromatic carbocycles. The first-order valence-electron chi connectivity index (χ1n) is 6.74. The van der Waals surface area contributed by atoms with Crippen molar-refractivity contribution in [3.05, 3.63) is 42.2 Å². The van der Waals surface area contributed by atoms with Crippen LogP contribution in [0.2, 0.25) is 0 Å². The van der Waals surface area contributed by atoms with Crippen molar-refractivity contribution in [3.8, 4) is 5.69 Å². The summed E-state index contributed by atoms with van der Waals surface area (Å²) in [6.07, 6.45) is 1.68. The first-order chi connectivity index (χ1) is 9.74. The summed E-state index contributed by atoms with van der Waals surface area (Å²) in [6.45, 7) is 4.30. The second-order valence-electron chi connectivity index (χ2n) is 4.99. The maximum Gasteiger partial charge on any atom is 0.276 e. The lowest BCUT2D eigenvalue weighted by molar-refractivity contribution is 0.0703. The predicted octanol–water partition coefficient (Wildman–Crippen LogP) is 0.701. The Labute approximate surface area is 117 Å². The van der Waals surface area contributed by atoms with Crippen LogP contribution in [0.5, 0.6) is 0 Å². The van der Waals surface area contributed by atoms with Crippen molar-refractivity contribution in [3.63, 3.8) is 0 Å². The Morgan fingerprint density at radius 3 is 2.90 bits per heavy atom. The van der Waals surface area contributed by atoms with Gasteiger partial charge in [0.1, 0.15) is 0 Å². The topological polar surface area (TPSA) is 63.1 Å². The van der Waals surface area contributed by atoms with E-state index >= 15 is 0 Å². The summed E-state index contributed by atoms with van der Waals surface area (Å²) in [4.78, 5) is 14.2. The molecule has 1 fully saturated rings. The predicted molar refractivity (Wildman–Crippen MR) is 74.7 cm³/mol. The highest BCUT2D eigenvalue weighted by molar-refractivity contribution is 5.92. The van der Waals surface area contributed by atoms with Crippen LogP contribution in [-0.2, 0) is 0 Å². The second kappa shape index (κ2) is 5.42. The minimum atomic E-state index is -0.0551. The van der Waals surface area contributed by atoms with E-state index in [0.29, 0.717) is 24.8 Å². The minimum absolute atomic E-state index is 0.0551. The number of para-hydroxylation sites is 1. The van der Waals surface area contributed by atoms with Gasteiger partial charge in [-0.05, 0) is 19.1 Å². The largest absolute Gasteiger partial charge is 0.334 e. The Hall–Kier alpha value is -2.21. The maximum absolute atomic E-state index is 12.4. The van der Waals surface area contributed by atoms with E-state index in [0.717, 1.165) is 12.2 Å². The number of hydrogen-bond acceptors (Lipinski definition) is 4. The number of nitrogens with one attached hydrogen (secondary N) is 1. The fourth-order valence-electron chi connectivity index (χ4n) is 2.35. The third-order valence-electron chi connectivity index (χ3n) is 3.39. The Balaban J connectivity index is 1.78. The molecular formula is C14H17N5O. The molecule has 1 atom stereocenters. The van der Waals surface area contributed by atoms with E-state index in [9.17, 15) is 4.79 Å². The van der Waals surface area contributed by atoms with Crippen LogP contribution in [0.1, 0.15) is 17.4 Å². The standard InChI is InChI=1S/C14H17N5O/c1-11-9-18(8-7-15-11)14(20)13-10-19(17-16-13)12-5-3-2-4-6-12/h2-6,10-11,15H,7-9H2,1H3. The molecule has 2 heterocycles. The molecule has 1 N–H and O–H groups in total. The summed E-state index contributed by atoms with van der Waals surface area (Å²) >= 11 is 0. The lowest BCUT2D eigenvalue weighted by Gasteiger charge is -2.31. The molecule has 1 aliphatic heterocycles. The van der Waals surface area contributed by atoms with Crippen molar-refractivity contribution >= 4 is 5.91 Å². The smallest absolute Gasteiger partial charge is 0.276 e. The minimum Gasteiger partial charge on any atom is -0.334 e. The van der Waals surface area contributed by atoms with E-state index in [1.54, 1.807) is 10.9 Å². The second-order valence-corrected chi connectivity index (χ2v) is 4.99. The van der Waals surface area contributed by atoms with Gasteiger partial charge in [0.2, 0.25) is 0 Å². The fraction of sp³-hybridized carbons (Fsp3) is 0.357. The fourth-order valence-corrected chi connectivity index (χ4v) is 2.35. The first kappa shape index (κ1) is 12.8. The van der Waals surface area contributed by atoms with Crippen molar-refractivity contribution in [2.75, 3.05) is 19.6 Å². The molecule has 104 valence electrons. The van der Waals surface area contributed by atoms with Crippen molar-refractivity contribution in [1.82, 2.24) is 25.2 Å². The van der Waals surface area contributed by atoms with Crippen LogP contribution < -0.4 is 5.32 Å². The summed E-state index contributed by atoms with van der Waals surface area (Å²) in [5.74, 6) is -0.0551. The van der Waals surface area contributed by atoms with Gasteiger partial charge in [0.25, 0.3) is 5.91 Å². The number of benzene rings is 1. The van der Waals surface area contributed by atoms with Crippen LogP contribution in [0.15, 0.2) is 36.5 Å². The van der Waals surface area contributed by atoms with Crippen LogP contribution in [0, 0.1) is 0 Å². The van der Waals surface area contributed by atoms with Gasteiger partial charge in [-0.1, -0.05) is 23.4 Å². The Morgan fingerprint density at radius 2 is 2.15 bits per heavy atom. The molecule has 0 aliphatic carbocycles. The van der Waals surface area contributed by atoms with Gasteiger partial charge in [-0.3, -0.25) is 4.79 Å². The number of carbonyl (C=O) groups is 1. The van der Waals surface area contributed by atoms with E-state index in [1.165, 1.54) is 0 Å². The molecule has 0 radical (unpaired) electrons. The molecule has 6 heteroatoms. The quantitative estimate of drug-likeness (QED) is 0.873. The first-order valence-corrected chi connectivity index (χ1v) is 6.74. The van der Waals surface area contributed by atoms with E-state index in [4.69, 9.17) is 0 Å². The van der Waals surface area contributed by atoms with Crippen LogP contribution in [0.25, 0.3) is 5.69 Å². The summed E-state index contributed by atoms with van der Waals surface area (Å²) < 4.78 is 1.62. The number of rotatable bonds is 2. The zero-order chi connectivity index (χ0) is 13.9. The lowest BCUT2D eigenvalue weighted by Crippen LogP contribution is -2.51. The molecule has 3 rings (SSSR count). The van der Waals surface area contributed by atoms with Crippen LogP contribution >= 0.6 is 0 Å². The molecule has 1 unspecified atom stereocenters. The molecule has 1 saturated heterocycles. The van der Waals surface area contributed by atoms with Gasteiger partial charge in [-0.2, -0.15) is 0 Å². The van der Waals surface area contributed by atoms with Crippen LogP contribution in [-0.4, -0.2) is 51.5 Å². The van der Waals surface area contributed by atoms with E-state index in [-0.39, 0.29) is 5.91 Å². The molecular weight excluding hydrogens is 254 g/mol.